The van der Waals surface area contributed by atoms with Gasteiger partial charge in [0.05, 0.1) is 51.6 Å². The second-order valence-corrected chi connectivity index (χ2v) is 7.39. The predicted octanol–water partition coefficient (Wildman–Crippen LogP) is 3.16. The highest BCUT2D eigenvalue weighted by Gasteiger charge is 2.47. The van der Waals surface area contributed by atoms with Crippen LogP contribution in [0.1, 0.15) is 17.5 Å². The molecule has 1 aliphatic heterocycles. The Morgan fingerprint density at radius 3 is 2.06 bits per heavy atom. The van der Waals surface area contributed by atoms with E-state index in [0.717, 1.165) is 11.1 Å². The highest BCUT2D eigenvalue weighted by Crippen LogP contribution is 2.31. The Balaban J connectivity index is 1.86. The minimum absolute atomic E-state index is 0.146. The van der Waals surface area contributed by atoms with Gasteiger partial charge in [-0.15, -0.1) is 0 Å². The summed E-state index contributed by atoms with van der Waals surface area (Å²) < 4.78 is 23.0. The summed E-state index contributed by atoms with van der Waals surface area (Å²) in [7, 11) is 1.27. The molecule has 1 aliphatic rings. The van der Waals surface area contributed by atoms with Crippen molar-refractivity contribution in [1.29, 1.82) is 0 Å². The maximum Gasteiger partial charge on any atom is 0.308 e. The number of esters is 1. The molecule has 1 N–H and O–H groups in total. The quantitative estimate of drug-likeness (QED) is 0.261. The van der Waals surface area contributed by atoms with E-state index in [1.165, 1.54) is 7.11 Å². The summed E-state index contributed by atoms with van der Waals surface area (Å²) in [5.41, 5.74) is 11.0. The Morgan fingerprint density at radius 2 is 1.56 bits per heavy atom. The standard InChI is InChI=1S/C23H27N3O6/c1-29-20(28)12-18-21(25-26-24)23(31-15-17-10-6-3-7-11-17)22(19(13-27)32-18)30-14-16-8-4-2-5-9-16/h2-11,18-19,21-23,27H,12-15H2,1H3/t18-,19-,21+,22-,23-/m1/s1. The zero-order valence-electron chi connectivity index (χ0n) is 17.8. The molecule has 32 heavy (non-hydrogen) atoms. The molecule has 5 atom stereocenters. The molecule has 0 aromatic heterocycles. The molecule has 9 heteroatoms. The molecular formula is C23H27N3O6. The van der Waals surface area contributed by atoms with Crippen molar-refractivity contribution in [2.75, 3.05) is 13.7 Å². The first-order chi connectivity index (χ1) is 15.7. The largest absolute Gasteiger partial charge is 0.469 e. The summed E-state index contributed by atoms with van der Waals surface area (Å²) in [5, 5.41) is 13.9. The van der Waals surface area contributed by atoms with Crippen molar-refractivity contribution < 1.29 is 28.8 Å². The molecular weight excluding hydrogens is 414 g/mol. The number of benzene rings is 2. The van der Waals surface area contributed by atoms with Gasteiger partial charge in [-0.05, 0) is 16.7 Å². The Bertz CT molecular complexity index is 891. The molecule has 1 heterocycles. The summed E-state index contributed by atoms with van der Waals surface area (Å²) in [6, 6.07) is 18.2. The normalized spacial score (nSPS) is 25.0. The number of nitrogens with zero attached hydrogens (tertiary/aromatic N) is 3. The summed E-state index contributed by atoms with van der Waals surface area (Å²) in [6.45, 7) is 0.129. The minimum Gasteiger partial charge on any atom is -0.469 e. The number of hydrogen-bond donors (Lipinski definition) is 1. The van der Waals surface area contributed by atoms with E-state index in [-0.39, 0.29) is 26.2 Å². The van der Waals surface area contributed by atoms with Crippen LogP contribution in [0.4, 0.5) is 0 Å². The number of rotatable bonds is 10. The molecule has 1 saturated heterocycles. The second-order valence-electron chi connectivity index (χ2n) is 7.39. The number of hydrogen-bond acceptors (Lipinski definition) is 7. The maximum absolute atomic E-state index is 11.9. The monoisotopic (exact) mass is 441 g/mol. The van der Waals surface area contributed by atoms with Crippen LogP contribution in [0.3, 0.4) is 0 Å². The van der Waals surface area contributed by atoms with Crippen molar-refractivity contribution in [2.45, 2.75) is 50.1 Å². The van der Waals surface area contributed by atoms with Crippen LogP contribution in [0.25, 0.3) is 10.4 Å². The molecule has 2 aromatic rings. The van der Waals surface area contributed by atoms with E-state index in [9.17, 15) is 15.4 Å². The maximum atomic E-state index is 11.9. The number of ether oxygens (including phenoxy) is 4. The van der Waals surface area contributed by atoms with Crippen molar-refractivity contribution in [3.05, 3.63) is 82.2 Å². The summed E-state index contributed by atoms with van der Waals surface area (Å²) in [6.07, 6.45) is -3.23. The van der Waals surface area contributed by atoms with Crippen molar-refractivity contribution >= 4 is 5.97 Å². The zero-order chi connectivity index (χ0) is 22.8. The molecule has 0 amide bonds. The number of aliphatic hydroxyl groups is 1. The van der Waals surface area contributed by atoms with Gasteiger partial charge >= 0.3 is 5.97 Å². The Labute approximate surface area is 186 Å². The molecule has 3 rings (SSSR count). The average molecular weight is 441 g/mol. The number of carbonyl (C=O) groups excluding carboxylic acids is 1. The topological polar surface area (TPSA) is 123 Å². The van der Waals surface area contributed by atoms with Crippen LogP contribution in [0.5, 0.6) is 0 Å². The average Bonchev–Trinajstić information content (AvgIpc) is 2.84. The van der Waals surface area contributed by atoms with E-state index >= 15 is 0 Å². The predicted molar refractivity (Wildman–Crippen MR) is 115 cm³/mol. The van der Waals surface area contributed by atoms with E-state index in [1.807, 2.05) is 60.7 Å². The van der Waals surface area contributed by atoms with Crippen LogP contribution in [0.15, 0.2) is 65.8 Å². The van der Waals surface area contributed by atoms with Gasteiger partial charge in [0.25, 0.3) is 0 Å². The first-order valence-corrected chi connectivity index (χ1v) is 10.3. The van der Waals surface area contributed by atoms with E-state index in [4.69, 9.17) is 18.9 Å². The van der Waals surface area contributed by atoms with Gasteiger partial charge in [-0.25, -0.2) is 0 Å². The summed E-state index contributed by atoms with van der Waals surface area (Å²) in [4.78, 5) is 14.9. The minimum atomic E-state index is -0.855. The molecule has 0 radical (unpaired) electrons. The lowest BCUT2D eigenvalue weighted by Crippen LogP contribution is -2.59. The fraction of sp³-hybridized carbons (Fsp3) is 0.435. The first-order valence-electron chi connectivity index (χ1n) is 10.3. The van der Waals surface area contributed by atoms with Gasteiger partial charge in [-0.2, -0.15) is 0 Å². The van der Waals surface area contributed by atoms with Crippen LogP contribution < -0.4 is 0 Å². The van der Waals surface area contributed by atoms with Gasteiger partial charge in [-0.1, -0.05) is 65.8 Å². The van der Waals surface area contributed by atoms with E-state index < -0.39 is 36.4 Å². The zero-order valence-corrected chi connectivity index (χ0v) is 17.8. The number of methoxy groups -OCH3 is 1. The summed E-state index contributed by atoms with van der Waals surface area (Å²) >= 11 is 0. The van der Waals surface area contributed by atoms with E-state index in [2.05, 4.69) is 10.0 Å². The van der Waals surface area contributed by atoms with Crippen molar-refractivity contribution in [1.82, 2.24) is 0 Å². The molecule has 0 aliphatic carbocycles. The first kappa shape index (κ1) is 23.7. The third-order valence-electron chi connectivity index (χ3n) is 5.29. The third kappa shape index (κ3) is 6.29. The molecule has 1 fully saturated rings. The SMILES string of the molecule is COC(=O)C[C@H]1O[C@H](CO)[C@@H](OCc2ccccc2)[C@H](OCc2ccccc2)[C@H]1N=[N+]=[N-]. The third-order valence-corrected chi connectivity index (χ3v) is 5.29. The van der Waals surface area contributed by atoms with Crippen LogP contribution >= 0.6 is 0 Å². The van der Waals surface area contributed by atoms with E-state index in [0.29, 0.717) is 0 Å². The molecule has 0 spiro atoms. The highest BCUT2D eigenvalue weighted by molar-refractivity contribution is 5.70. The van der Waals surface area contributed by atoms with Crippen molar-refractivity contribution in [3.63, 3.8) is 0 Å². The number of aliphatic hydroxyl groups excluding tert-OH is 1. The molecule has 0 unspecified atom stereocenters. The molecule has 9 nitrogen and oxygen atoms in total. The molecule has 0 saturated carbocycles. The lowest BCUT2D eigenvalue weighted by atomic mass is 9.91. The van der Waals surface area contributed by atoms with Crippen LogP contribution in [0, 0.1) is 0 Å². The Kier molecular flexibility index (Phi) is 9.03. The second kappa shape index (κ2) is 12.2. The van der Waals surface area contributed by atoms with Gasteiger partial charge < -0.3 is 24.1 Å². The Hall–Kier alpha value is -2.94. The smallest absolute Gasteiger partial charge is 0.308 e. The molecule has 2 aromatic carbocycles. The summed E-state index contributed by atoms with van der Waals surface area (Å²) in [5.74, 6) is -0.518. The fourth-order valence-electron chi connectivity index (χ4n) is 3.69. The van der Waals surface area contributed by atoms with Gasteiger partial charge in [0, 0.05) is 4.91 Å². The van der Waals surface area contributed by atoms with Gasteiger partial charge in [0.2, 0.25) is 0 Å². The van der Waals surface area contributed by atoms with E-state index in [1.54, 1.807) is 0 Å². The Morgan fingerprint density at radius 1 is 1.00 bits per heavy atom. The fourth-order valence-corrected chi connectivity index (χ4v) is 3.69. The van der Waals surface area contributed by atoms with Gasteiger partial charge in [0.15, 0.2) is 0 Å². The van der Waals surface area contributed by atoms with Gasteiger partial charge in [-0.3, -0.25) is 4.79 Å². The lowest BCUT2D eigenvalue weighted by Gasteiger charge is -2.44. The van der Waals surface area contributed by atoms with Crippen LogP contribution in [0.2, 0.25) is 0 Å². The van der Waals surface area contributed by atoms with Crippen molar-refractivity contribution in [2.24, 2.45) is 5.11 Å². The number of azide groups is 1. The van der Waals surface area contributed by atoms with Gasteiger partial charge in [0.1, 0.15) is 12.2 Å². The van der Waals surface area contributed by atoms with Crippen LogP contribution in [-0.4, -0.2) is 55.3 Å². The molecule has 0 bridgehead atoms. The van der Waals surface area contributed by atoms with Crippen molar-refractivity contribution in [3.8, 4) is 0 Å². The molecule has 170 valence electrons. The van der Waals surface area contributed by atoms with Crippen LogP contribution in [-0.2, 0) is 37.0 Å². The number of carbonyl (C=O) groups is 1. The highest BCUT2D eigenvalue weighted by atomic mass is 16.6. The lowest BCUT2D eigenvalue weighted by molar-refractivity contribution is -0.225.